The Morgan fingerprint density at radius 2 is 1.94 bits per heavy atom. The molecule has 1 rings (SSSR count). The zero-order valence-electron chi connectivity index (χ0n) is 10.2. The summed E-state index contributed by atoms with van der Waals surface area (Å²) in [7, 11) is 1.42. The van der Waals surface area contributed by atoms with E-state index in [1.165, 1.54) is 12.7 Å². The van der Waals surface area contributed by atoms with Crippen LogP contribution >= 0.6 is 11.6 Å². The van der Waals surface area contributed by atoms with Crippen LogP contribution in [0.15, 0.2) is 30.3 Å². The van der Waals surface area contributed by atoms with E-state index in [0.717, 1.165) is 25.7 Å². The summed E-state index contributed by atoms with van der Waals surface area (Å²) >= 11 is 6.28. The van der Waals surface area contributed by atoms with Gasteiger partial charge < -0.3 is 4.74 Å². The molecule has 1 aromatic rings. The minimum atomic E-state index is -0.129. The number of alkyl halides is 1. The van der Waals surface area contributed by atoms with E-state index in [2.05, 4.69) is 4.74 Å². The predicted octanol–water partition coefficient (Wildman–Crippen LogP) is 4.09. The van der Waals surface area contributed by atoms with E-state index in [1.807, 2.05) is 30.3 Å². The second-order valence-electron chi connectivity index (χ2n) is 4.05. The zero-order valence-corrected chi connectivity index (χ0v) is 11.0. The van der Waals surface area contributed by atoms with Crippen molar-refractivity contribution in [2.24, 2.45) is 0 Å². The van der Waals surface area contributed by atoms with Crippen LogP contribution in [-0.2, 0) is 9.53 Å². The number of ether oxygens (including phenoxy) is 1. The summed E-state index contributed by atoms with van der Waals surface area (Å²) in [4.78, 5) is 10.9. The van der Waals surface area contributed by atoms with Gasteiger partial charge in [-0.3, -0.25) is 4.79 Å². The first-order valence-corrected chi connectivity index (χ1v) is 6.43. The Balaban J connectivity index is 2.13. The van der Waals surface area contributed by atoms with Gasteiger partial charge in [-0.15, -0.1) is 11.6 Å². The number of carbonyl (C=O) groups excluding carboxylic acids is 1. The van der Waals surface area contributed by atoms with Crippen molar-refractivity contribution in [2.45, 2.75) is 37.5 Å². The lowest BCUT2D eigenvalue weighted by molar-refractivity contribution is -0.140. The van der Waals surface area contributed by atoms with Crippen molar-refractivity contribution in [1.82, 2.24) is 0 Å². The Labute approximate surface area is 108 Å². The molecule has 94 valence electrons. The van der Waals surface area contributed by atoms with Crippen LogP contribution in [0, 0.1) is 0 Å². The highest BCUT2D eigenvalue weighted by molar-refractivity contribution is 6.20. The second-order valence-corrected chi connectivity index (χ2v) is 4.58. The number of benzene rings is 1. The van der Waals surface area contributed by atoms with Gasteiger partial charge in [0.05, 0.1) is 12.5 Å². The molecular formula is C14H19ClO2. The van der Waals surface area contributed by atoms with Crippen molar-refractivity contribution in [3.63, 3.8) is 0 Å². The number of methoxy groups -OCH3 is 1. The summed E-state index contributed by atoms with van der Waals surface area (Å²) in [6.07, 6.45) is 4.40. The number of unbranched alkanes of at least 4 members (excludes halogenated alkanes) is 2. The molecule has 0 aliphatic carbocycles. The van der Waals surface area contributed by atoms with Crippen molar-refractivity contribution in [3.05, 3.63) is 35.9 Å². The molecule has 2 nitrogen and oxygen atoms in total. The Bertz CT molecular complexity index is 324. The molecule has 0 spiro atoms. The lowest BCUT2D eigenvalue weighted by Crippen LogP contribution is -1.99. The van der Waals surface area contributed by atoms with Gasteiger partial charge >= 0.3 is 5.97 Å². The van der Waals surface area contributed by atoms with Crippen LogP contribution in [0.4, 0.5) is 0 Å². The van der Waals surface area contributed by atoms with E-state index in [9.17, 15) is 4.79 Å². The number of halogens is 1. The molecule has 0 aliphatic rings. The molecule has 0 aromatic heterocycles. The minimum Gasteiger partial charge on any atom is -0.469 e. The van der Waals surface area contributed by atoms with Crippen molar-refractivity contribution in [3.8, 4) is 0 Å². The van der Waals surface area contributed by atoms with Crippen molar-refractivity contribution in [1.29, 1.82) is 0 Å². The monoisotopic (exact) mass is 254 g/mol. The smallest absolute Gasteiger partial charge is 0.305 e. The lowest BCUT2D eigenvalue weighted by atomic mass is 10.1. The number of carbonyl (C=O) groups is 1. The average Bonchev–Trinajstić information content (AvgIpc) is 2.38. The molecule has 0 saturated carbocycles. The van der Waals surface area contributed by atoms with Gasteiger partial charge in [0.25, 0.3) is 0 Å². The van der Waals surface area contributed by atoms with E-state index in [0.29, 0.717) is 6.42 Å². The molecule has 1 atom stereocenters. The van der Waals surface area contributed by atoms with Gasteiger partial charge in [-0.1, -0.05) is 43.2 Å². The maximum absolute atomic E-state index is 10.9. The quantitative estimate of drug-likeness (QED) is 0.416. The highest BCUT2D eigenvalue weighted by Gasteiger charge is 2.07. The summed E-state index contributed by atoms with van der Waals surface area (Å²) in [5.41, 5.74) is 1.17. The molecule has 17 heavy (non-hydrogen) atoms. The molecule has 0 N–H and O–H groups in total. The van der Waals surface area contributed by atoms with Crippen LogP contribution in [0.3, 0.4) is 0 Å². The van der Waals surface area contributed by atoms with Crippen LogP contribution in [-0.4, -0.2) is 13.1 Å². The lowest BCUT2D eigenvalue weighted by Gasteiger charge is -2.09. The van der Waals surface area contributed by atoms with E-state index >= 15 is 0 Å². The SMILES string of the molecule is COC(=O)CCCCCC(Cl)c1ccccc1. The molecule has 0 aliphatic heterocycles. The molecule has 0 radical (unpaired) electrons. The van der Waals surface area contributed by atoms with E-state index in [-0.39, 0.29) is 11.3 Å². The fraction of sp³-hybridized carbons (Fsp3) is 0.500. The maximum Gasteiger partial charge on any atom is 0.305 e. The van der Waals surface area contributed by atoms with Crippen LogP contribution in [0.5, 0.6) is 0 Å². The summed E-state index contributed by atoms with van der Waals surface area (Å²) in [6, 6.07) is 10.1. The molecule has 0 heterocycles. The number of esters is 1. The molecule has 0 fully saturated rings. The summed E-state index contributed by atoms with van der Waals surface area (Å²) < 4.78 is 4.58. The van der Waals surface area contributed by atoms with Crippen molar-refractivity contribution >= 4 is 17.6 Å². The first-order chi connectivity index (χ1) is 8.24. The highest BCUT2D eigenvalue weighted by Crippen LogP contribution is 2.26. The fourth-order valence-electron chi connectivity index (χ4n) is 1.70. The van der Waals surface area contributed by atoms with Crippen molar-refractivity contribution in [2.75, 3.05) is 7.11 Å². The van der Waals surface area contributed by atoms with Gasteiger partial charge in [-0.2, -0.15) is 0 Å². The van der Waals surface area contributed by atoms with Gasteiger partial charge in [-0.25, -0.2) is 0 Å². The van der Waals surface area contributed by atoms with Gasteiger partial charge in [0.2, 0.25) is 0 Å². The topological polar surface area (TPSA) is 26.3 Å². The van der Waals surface area contributed by atoms with E-state index in [4.69, 9.17) is 11.6 Å². The highest BCUT2D eigenvalue weighted by atomic mass is 35.5. The van der Waals surface area contributed by atoms with Gasteiger partial charge in [0.1, 0.15) is 0 Å². The predicted molar refractivity (Wildman–Crippen MR) is 70.1 cm³/mol. The fourth-order valence-corrected chi connectivity index (χ4v) is 2.00. The van der Waals surface area contributed by atoms with E-state index in [1.54, 1.807) is 0 Å². The maximum atomic E-state index is 10.9. The first-order valence-electron chi connectivity index (χ1n) is 6.00. The Morgan fingerprint density at radius 3 is 2.59 bits per heavy atom. The number of hydrogen-bond acceptors (Lipinski definition) is 2. The summed E-state index contributed by atoms with van der Waals surface area (Å²) in [5.74, 6) is -0.129. The molecular weight excluding hydrogens is 236 g/mol. The number of hydrogen-bond donors (Lipinski definition) is 0. The molecule has 0 amide bonds. The van der Waals surface area contributed by atoms with Crippen LogP contribution in [0.2, 0.25) is 0 Å². The summed E-state index contributed by atoms with van der Waals surface area (Å²) in [5, 5.41) is 0.0781. The third-order valence-corrected chi connectivity index (χ3v) is 3.20. The van der Waals surface area contributed by atoms with Crippen LogP contribution in [0.1, 0.15) is 43.0 Å². The third kappa shape index (κ3) is 5.73. The summed E-state index contributed by atoms with van der Waals surface area (Å²) in [6.45, 7) is 0. The van der Waals surface area contributed by atoms with E-state index < -0.39 is 0 Å². The minimum absolute atomic E-state index is 0.0781. The van der Waals surface area contributed by atoms with Crippen molar-refractivity contribution < 1.29 is 9.53 Å². The van der Waals surface area contributed by atoms with Gasteiger partial charge in [-0.05, 0) is 18.4 Å². The Morgan fingerprint density at radius 1 is 1.24 bits per heavy atom. The number of rotatable bonds is 7. The normalized spacial score (nSPS) is 12.1. The second kappa shape index (κ2) is 8.13. The van der Waals surface area contributed by atoms with Gasteiger partial charge in [0.15, 0.2) is 0 Å². The van der Waals surface area contributed by atoms with Gasteiger partial charge in [0, 0.05) is 6.42 Å². The molecule has 0 saturated heterocycles. The first kappa shape index (κ1) is 14.0. The molecule has 3 heteroatoms. The van der Waals surface area contributed by atoms with Crippen LogP contribution in [0.25, 0.3) is 0 Å². The Kier molecular flexibility index (Phi) is 6.71. The molecule has 1 unspecified atom stereocenters. The zero-order chi connectivity index (χ0) is 12.5. The molecule has 0 bridgehead atoms. The largest absolute Gasteiger partial charge is 0.469 e. The standard InChI is InChI=1S/C14H19ClO2/c1-17-14(16)11-7-3-6-10-13(15)12-8-4-2-5-9-12/h2,4-5,8-9,13H,3,6-7,10-11H2,1H3. The molecule has 1 aromatic carbocycles. The average molecular weight is 255 g/mol. The third-order valence-electron chi connectivity index (χ3n) is 2.73. The Hall–Kier alpha value is -1.02. The van der Waals surface area contributed by atoms with Crippen LogP contribution < -0.4 is 0 Å².